The maximum Gasteiger partial charge on any atom is 0.319 e. The van der Waals surface area contributed by atoms with E-state index < -0.39 is 11.8 Å². The third kappa shape index (κ3) is 5.07. The maximum atomic E-state index is 14.6. The molecule has 200 valence electrons. The highest BCUT2D eigenvalue weighted by Crippen LogP contribution is 2.50. The van der Waals surface area contributed by atoms with E-state index in [2.05, 4.69) is 34.7 Å². The first kappa shape index (κ1) is 25.6. The first-order chi connectivity index (χ1) is 17.9. The Morgan fingerprint density at radius 2 is 1.97 bits per heavy atom. The molecule has 2 fully saturated rings. The summed E-state index contributed by atoms with van der Waals surface area (Å²) < 4.78 is 36.9. The quantitative estimate of drug-likeness (QED) is 0.553. The lowest BCUT2D eigenvalue weighted by atomic mass is 9.65. The standard InChI is InChI=1S/C28H36FN3O5/c1-4-35-23-7-6-19(13-25(23)36-5-2)28-9-8-20(14-26(28)32(3)11-10-28)30-27(33)31-22-15-24-18(12-21(22)29)16-34-17-37-24/h6-7,12-13,15,20,26H,4-5,8-11,14,16-17H2,1-3H3,(H2,30,31,33)/t20-,26+,28-/m0/s1. The molecule has 2 aromatic carbocycles. The largest absolute Gasteiger partial charge is 0.490 e. The second kappa shape index (κ2) is 10.8. The van der Waals surface area contributed by atoms with Crippen LogP contribution in [0.25, 0.3) is 0 Å². The van der Waals surface area contributed by atoms with Crippen LogP contribution < -0.4 is 24.8 Å². The Morgan fingerprint density at radius 1 is 1.16 bits per heavy atom. The summed E-state index contributed by atoms with van der Waals surface area (Å²) in [6, 6.07) is 9.05. The minimum Gasteiger partial charge on any atom is -0.490 e. The molecule has 2 amide bonds. The van der Waals surface area contributed by atoms with Crippen molar-refractivity contribution in [3.63, 3.8) is 0 Å². The van der Waals surface area contributed by atoms with E-state index >= 15 is 0 Å². The van der Waals surface area contributed by atoms with Crippen molar-refractivity contribution < 1.29 is 28.1 Å². The van der Waals surface area contributed by atoms with Gasteiger partial charge in [0.2, 0.25) is 0 Å². The zero-order valence-corrected chi connectivity index (χ0v) is 21.8. The lowest BCUT2D eigenvalue weighted by molar-refractivity contribution is -0.0165. The second-order valence-corrected chi connectivity index (χ2v) is 10.1. The molecular formula is C28H36FN3O5. The second-order valence-electron chi connectivity index (χ2n) is 10.1. The van der Waals surface area contributed by atoms with Crippen LogP contribution in [0.3, 0.4) is 0 Å². The van der Waals surface area contributed by atoms with E-state index in [0.717, 1.165) is 43.7 Å². The summed E-state index contributed by atoms with van der Waals surface area (Å²) in [5.41, 5.74) is 1.98. The summed E-state index contributed by atoms with van der Waals surface area (Å²) in [6.45, 7) is 6.50. The zero-order valence-electron chi connectivity index (χ0n) is 21.8. The number of ether oxygens (including phenoxy) is 4. The van der Waals surface area contributed by atoms with Gasteiger partial charge in [-0.3, -0.25) is 0 Å². The Bertz CT molecular complexity index is 1150. The molecule has 37 heavy (non-hydrogen) atoms. The minimum atomic E-state index is -0.512. The number of carbonyl (C=O) groups is 1. The molecule has 2 N–H and O–H groups in total. The summed E-state index contributed by atoms with van der Waals surface area (Å²) in [6.07, 6.45) is 3.64. The summed E-state index contributed by atoms with van der Waals surface area (Å²) in [5.74, 6) is 1.57. The van der Waals surface area contributed by atoms with Crippen LogP contribution in [0.1, 0.15) is 50.7 Å². The van der Waals surface area contributed by atoms with Gasteiger partial charge in [-0.25, -0.2) is 9.18 Å². The highest BCUT2D eigenvalue weighted by molar-refractivity contribution is 5.90. The number of carbonyl (C=O) groups excluding carboxylic acids is 1. The molecule has 0 unspecified atom stereocenters. The van der Waals surface area contributed by atoms with E-state index in [1.54, 1.807) is 0 Å². The normalized spacial score (nSPS) is 25.0. The molecule has 1 saturated carbocycles. The van der Waals surface area contributed by atoms with Gasteiger partial charge in [0.25, 0.3) is 0 Å². The van der Waals surface area contributed by atoms with Gasteiger partial charge >= 0.3 is 6.03 Å². The highest BCUT2D eigenvalue weighted by atomic mass is 19.1. The first-order valence-corrected chi connectivity index (χ1v) is 13.1. The van der Waals surface area contributed by atoms with Crippen molar-refractivity contribution >= 4 is 11.7 Å². The van der Waals surface area contributed by atoms with Crippen molar-refractivity contribution in [3.05, 3.63) is 47.3 Å². The molecule has 2 aliphatic heterocycles. The molecule has 0 aromatic heterocycles. The van der Waals surface area contributed by atoms with Gasteiger partial charge in [-0.1, -0.05) is 6.07 Å². The molecule has 3 atom stereocenters. The van der Waals surface area contributed by atoms with Crippen molar-refractivity contribution in [2.45, 2.75) is 63.6 Å². The van der Waals surface area contributed by atoms with Crippen molar-refractivity contribution in [1.29, 1.82) is 0 Å². The zero-order chi connectivity index (χ0) is 26.0. The van der Waals surface area contributed by atoms with Crippen LogP contribution in [0.4, 0.5) is 14.9 Å². The number of likely N-dealkylation sites (tertiary alicyclic amines) is 1. The smallest absolute Gasteiger partial charge is 0.319 e. The molecular weight excluding hydrogens is 477 g/mol. The molecule has 1 aliphatic carbocycles. The van der Waals surface area contributed by atoms with Gasteiger partial charge in [-0.15, -0.1) is 0 Å². The molecule has 0 spiro atoms. The topological polar surface area (TPSA) is 81.3 Å². The van der Waals surface area contributed by atoms with Crippen LogP contribution in [0.2, 0.25) is 0 Å². The lowest BCUT2D eigenvalue weighted by Gasteiger charge is -2.45. The van der Waals surface area contributed by atoms with E-state index in [1.165, 1.54) is 17.7 Å². The Labute approximate surface area is 217 Å². The highest BCUT2D eigenvalue weighted by Gasteiger charge is 2.50. The fraction of sp³-hybridized carbons (Fsp3) is 0.536. The van der Waals surface area contributed by atoms with Crippen LogP contribution in [0, 0.1) is 5.82 Å². The fourth-order valence-electron chi connectivity index (χ4n) is 6.15. The first-order valence-electron chi connectivity index (χ1n) is 13.1. The molecule has 0 bridgehead atoms. The summed E-state index contributed by atoms with van der Waals surface area (Å²) in [7, 11) is 2.15. The number of nitrogens with one attached hydrogen (secondary N) is 2. The molecule has 1 saturated heterocycles. The molecule has 8 nitrogen and oxygen atoms in total. The monoisotopic (exact) mass is 513 g/mol. The van der Waals surface area contributed by atoms with Crippen molar-refractivity contribution in [3.8, 4) is 17.2 Å². The van der Waals surface area contributed by atoms with Gasteiger partial charge in [0.15, 0.2) is 18.3 Å². The number of urea groups is 1. The van der Waals surface area contributed by atoms with Crippen LogP contribution in [-0.4, -0.2) is 56.6 Å². The number of benzene rings is 2. The SMILES string of the molecule is CCOc1ccc([C@@]23CC[C@H](NC(=O)Nc4cc5c(cc4F)COCO5)C[C@H]2N(C)CC3)cc1OCC. The number of halogens is 1. The lowest BCUT2D eigenvalue weighted by Crippen LogP contribution is -2.52. The van der Waals surface area contributed by atoms with Crippen LogP contribution >= 0.6 is 0 Å². The molecule has 2 heterocycles. The number of rotatable bonds is 7. The Morgan fingerprint density at radius 3 is 2.78 bits per heavy atom. The van der Waals surface area contributed by atoms with E-state index in [1.807, 2.05) is 19.9 Å². The van der Waals surface area contributed by atoms with E-state index in [4.69, 9.17) is 18.9 Å². The van der Waals surface area contributed by atoms with Crippen molar-refractivity contribution in [2.75, 3.05) is 38.9 Å². The third-order valence-corrected chi connectivity index (χ3v) is 7.93. The van der Waals surface area contributed by atoms with Gasteiger partial charge in [-0.2, -0.15) is 0 Å². The number of likely N-dealkylation sites (N-methyl/N-ethyl adjacent to an activating group) is 1. The van der Waals surface area contributed by atoms with Crippen LogP contribution in [0.5, 0.6) is 17.2 Å². The number of fused-ring (bicyclic) bond motifs is 2. The molecule has 2 aromatic rings. The Balaban J connectivity index is 1.29. The van der Waals surface area contributed by atoms with Gasteiger partial charge in [0, 0.05) is 29.1 Å². The van der Waals surface area contributed by atoms with E-state index in [9.17, 15) is 9.18 Å². The molecule has 9 heteroatoms. The molecule has 0 radical (unpaired) electrons. The number of anilines is 1. The van der Waals surface area contributed by atoms with Gasteiger partial charge < -0.3 is 34.5 Å². The van der Waals surface area contributed by atoms with Gasteiger partial charge in [-0.05, 0) is 76.9 Å². The van der Waals surface area contributed by atoms with Gasteiger partial charge in [0.1, 0.15) is 11.6 Å². The summed E-state index contributed by atoms with van der Waals surface area (Å²) >= 11 is 0. The average molecular weight is 514 g/mol. The minimum absolute atomic E-state index is 0.00991. The van der Waals surface area contributed by atoms with Crippen molar-refractivity contribution in [1.82, 2.24) is 10.2 Å². The fourth-order valence-corrected chi connectivity index (χ4v) is 6.15. The Kier molecular flexibility index (Phi) is 7.44. The van der Waals surface area contributed by atoms with Crippen molar-refractivity contribution in [2.24, 2.45) is 0 Å². The van der Waals surface area contributed by atoms with Crippen LogP contribution in [-0.2, 0) is 16.8 Å². The Hall–Kier alpha value is -3.04. The van der Waals surface area contributed by atoms with E-state index in [0.29, 0.717) is 24.5 Å². The predicted octanol–water partition coefficient (Wildman–Crippen LogP) is 4.81. The number of amides is 2. The predicted molar refractivity (Wildman–Crippen MR) is 138 cm³/mol. The summed E-state index contributed by atoms with van der Waals surface area (Å²) in [5, 5.41) is 5.75. The average Bonchev–Trinajstić information content (AvgIpc) is 3.22. The summed E-state index contributed by atoms with van der Waals surface area (Å²) in [4.78, 5) is 15.2. The molecule has 3 aliphatic rings. The van der Waals surface area contributed by atoms with Crippen LogP contribution in [0.15, 0.2) is 30.3 Å². The number of hydrogen-bond acceptors (Lipinski definition) is 6. The molecule has 5 rings (SSSR count). The maximum absolute atomic E-state index is 14.6. The number of hydrogen-bond donors (Lipinski definition) is 2. The van der Waals surface area contributed by atoms with Gasteiger partial charge in [0.05, 0.1) is 25.5 Å². The third-order valence-electron chi connectivity index (χ3n) is 7.93. The number of nitrogens with zero attached hydrogens (tertiary/aromatic N) is 1. The van der Waals surface area contributed by atoms with E-state index in [-0.39, 0.29) is 36.6 Å².